The van der Waals surface area contributed by atoms with Gasteiger partial charge in [0.25, 0.3) is 0 Å². The van der Waals surface area contributed by atoms with Gasteiger partial charge in [0, 0.05) is 0 Å². The molecule has 11 heteroatoms. The van der Waals surface area contributed by atoms with Crippen molar-refractivity contribution in [1.29, 1.82) is 0 Å². The number of allylic oxidation sites excluding steroid dienone is 2. The molecule has 7 nitrogen and oxygen atoms in total. The monoisotopic (exact) mass is 428 g/mol. The first kappa shape index (κ1) is 22.1. The minimum atomic E-state index is -5.95. The second kappa shape index (κ2) is 7.30. The molecule has 0 aromatic rings. The Labute approximate surface area is 183 Å². The molecule has 0 N–H and O–H groups in total. The van der Waals surface area contributed by atoms with E-state index in [-0.39, 0.29) is 53.2 Å². The van der Waals surface area contributed by atoms with Crippen LogP contribution in [0.15, 0.2) is 12.2 Å². The topological polar surface area (TPSA) is 110 Å². The molecule has 0 amide bonds. The third kappa shape index (κ3) is 3.15. The summed E-state index contributed by atoms with van der Waals surface area (Å²) < 4.78 is 67.8. The summed E-state index contributed by atoms with van der Waals surface area (Å²) in [6, 6.07) is 0. The summed E-state index contributed by atoms with van der Waals surface area (Å²) in [6.45, 7) is -1.85. The van der Waals surface area contributed by atoms with E-state index in [1.54, 1.807) is 0 Å². The normalized spacial score (nSPS) is 40.1. The SMILES string of the molecule is COC(=O)C1C2CC(C1C(=O)OCC(F)(F)S(=O)(=O)[O-])C1C3C=CC(C3)C21.[Na+]. The summed E-state index contributed by atoms with van der Waals surface area (Å²) in [4.78, 5) is 24.9. The molecule has 8 atom stereocenters. The van der Waals surface area contributed by atoms with E-state index in [1.165, 1.54) is 7.11 Å². The number of rotatable bonds is 5. The van der Waals surface area contributed by atoms with E-state index in [0.29, 0.717) is 18.3 Å². The average molecular weight is 428 g/mol. The first-order valence-corrected chi connectivity index (χ1v) is 10.2. The summed E-state index contributed by atoms with van der Waals surface area (Å²) in [6.07, 6.45) is 5.83. The molecule has 8 unspecified atom stereocenters. The van der Waals surface area contributed by atoms with Crippen LogP contribution >= 0.6 is 0 Å². The first-order chi connectivity index (χ1) is 12.6. The molecule has 28 heavy (non-hydrogen) atoms. The number of hydrogen-bond acceptors (Lipinski definition) is 7. The summed E-state index contributed by atoms with van der Waals surface area (Å²) in [7, 11) is -4.75. The predicted octanol–water partition coefficient (Wildman–Crippen LogP) is -1.83. The third-order valence-electron chi connectivity index (χ3n) is 6.92. The predicted molar refractivity (Wildman–Crippen MR) is 83.9 cm³/mol. The summed E-state index contributed by atoms with van der Waals surface area (Å²) in [5, 5.41) is -4.71. The van der Waals surface area contributed by atoms with E-state index in [2.05, 4.69) is 16.9 Å². The fraction of sp³-hybridized carbons (Fsp3) is 0.765. The van der Waals surface area contributed by atoms with Crippen molar-refractivity contribution in [3.63, 3.8) is 0 Å². The van der Waals surface area contributed by atoms with Gasteiger partial charge < -0.3 is 14.0 Å². The smallest absolute Gasteiger partial charge is 0.743 e. The largest absolute Gasteiger partial charge is 1.00 e. The Morgan fingerprint density at radius 2 is 1.57 bits per heavy atom. The number of esters is 2. The van der Waals surface area contributed by atoms with Crippen LogP contribution in [0.5, 0.6) is 0 Å². The van der Waals surface area contributed by atoms with E-state index >= 15 is 0 Å². The van der Waals surface area contributed by atoms with Crippen molar-refractivity contribution in [1.82, 2.24) is 0 Å². The number of carbonyl (C=O) groups excluding carboxylic acids is 2. The number of halogens is 2. The molecule has 150 valence electrons. The van der Waals surface area contributed by atoms with Crippen LogP contribution in [-0.2, 0) is 29.2 Å². The number of hydrogen-bond donors (Lipinski definition) is 0. The second-order valence-electron chi connectivity index (χ2n) is 7.94. The van der Waals surface area contributed by atoms with Crippen LogP contribution in [0.4, 0.5) is 8.78 Å². The molecule has 4 rings (SSSR count). The van der Waals surface area contributed by atoms with E-state index in [4.69, 9.17) is 4.74 Å². The molecule has 4 aliphatic carbocycles. The molecule has 3 fully saturated rings. The third-order valence-corrected chi connectivity index (χ3v) is 7.77. The van der Waals surface area contributed by atoms with E-state index < -0.39 is 45.8 Å². The van der Waals surface area contributed by atoms with E-state index in [9.17, 15) is 31.3 Å². The van der Waals surface area contributed by atoms with Gasteiger partial charge in [-0.25, -0.2) is 8.42 Å². The van der Waals surface area contributed by atoms with Crippen LogP contribution in [0.25, 0.3) is 0 Å². The molecule has 0 radical (unpaired) electrons. The standard InChI is InChI=1S/C17H20F2O7S.Na/c1-25-15(20)13-9-5-10(12-8-3-2-7(4-8)11(9)12)14(13)16(21)26-6-17(18,19)27(22,23)24;/h2-3,7-14H,4-6H2,1H3,(H,22,23,24);/q;+1/p-1. The van der Waals surface area contributed by atoms with Gasteiger partial charge >= 0.3 is 46.8 Å². The molecule has 0 aromatic heterocycles. The molecule has 0 aliphatic heterocycles. The van der Waals surface area contributed by atoms with Gasteiger partial charge in [-0.05, 0) is 48.3 Å². The van der Waals surface area contributed by atoms with Gasteiger partial charge in [0.15, 0.2) is 16.7 Å². The zero-order valence-electron chi connectivity index (χ0n) is 15.4. The van der Waals surface area contributed by atoms with Gasteiger partial charge in [-0.15, -0.1) is 0 Å². The fourth-order valence-electron chi connectivity index (χ4n) is 6.14. The maximum absolute atomic E-state index is 13.3. The van der Waals surface area contributed by atoms with Gasteiger partial charge in [-0.3, -0.25) is 9.59 Å². The molecule has 0 spiro atoms. The Hall–Kier alpha value is -0.550. The van der Waals surface area contributed by atoms with Crippen molar-refractivity contribution >= 4 is 22.1 Å². The van der Waals surface area contributed by atoms with Crippen LogP contribution in [0, 0.1) is 47.3 Å². The van der Waals surface area contributed by atoms with Crippen molar-refractivity contribution in [2.45, 2.75) is 18.1 Å². The Balaban J connectivity index is 0.00000225. The number of alkyl halides is 2. The Kier molecular flexibility index (Phi) is 5.77. The van der Waals surface area contributed by atoms with Crippen molar-refractivity contribution in [2.24, 2.45) is 47.3 Å². The van der Waals surface area contributed by atoms with Gasteiger partial charge in [-0.2, -0.15) is 8.78 Å². The van der Waals surface area contributed by atoms with Crippen molar-refractivity contribution in [3.05, 3.63) is 12.2 Å². The van der Waals surface area contributed by atoms with Gasteiger partial charge in [-0.1, -0.05) is 12.2 Å². The molecule has 4 bridgehead atoms. The summed E-state index contributed by atoms with van der Waals surface area (Å²) >= 11 is 0. The van der Waals surface area contributed by atoms with E-state index in [0.717, 1.165) is 6.42 Å². The summed E-state index contributed by atoms with van der Waals surface area (Å²) in [5.74, 6) is -2.58. The van der Waals surface area contributed by atoms with Gasteiger partial charge in [0.05, 0.1) is 18.9 Å². The molecule has 0 aromatic carbocycles. The number of ether oxygens (including phenoxy) is 2. The maximum Gasteiger partial charge on any atom is 1.00 e. The van der Waals surface area contributed by atoms with Gasteiger partial charge in [0.2, 0.25) is 0 Å². The zero-order valence-corrected chi connectivity index (χ0v) is 18.2. The molecule has 3 saturated carbocycles. The average Bonchev–Trinajstić information content (AvgIpc) is 3.34. The zero-order chi connectivity index (χ0) is 19.7. The van der Waals surface area contributed by atoms with Crippen molar-refractivity contribution in [3.8, 4) is 0 Å². The quantitative estimate of drug-likeness (QED) is 0.167. The van der Waals surface area contributed by atoms with Crippen LogP contribution in [0.1, 0.15) is 12.8 Å². The van der Waals surface area contributed by atoms with Crippen LogP contribution in [0.2, 0.25) is 0 Å². The summed E-state index contributed by atoms with van der Waals surface area (Å²) in [5.41, 5.74) is 0. The first-order valence-electron chi connectivity index (χ1n) is 8.83. The molecular formula is C17H19F2NaO7S. The van der Waals surface area contributed by atoms with Crippen molar-refractivity contribution < 1.29 is 70.4 Å². The Bertz CT molecular complexity index is 814. The number of methoxy groups -OCH3 is 1. The minimum absolute atomic E-state index is 0. The fourth-order valence-corrected chi connectivity index (χ4v) is 6.34. The minimum Gasteiger partial charge on any atom is -0.743 e. The molecular weight excluding hydrogens is 409 g/mol. The molecule has 4 aliphatic rings. The van der Waals surface area contributed by atoms with Crippen molar-refractivity contribution in [2.75, 3.05) is 13.7 Å². The van der Waals surface area contributed by atoms with Crippen LogP contribution in [-0.4, -0.2) is 43.9 Å². The van der Waals surface area contributed by atoms with Crippen LogP contribution < -0.4 is 29.6 Å². The second-order valence-corrected chi connectivity index (χ2v) is 9.45. The van der Waals surface area contributed by atoms with E-state index in [1.807, 2.05) is 0 Å². The molecule has 0 heterocycles. The Morgan fingerprint density at radius 1 is 1.07 bits per heavy atom. The van der Waals surface area contributed by atoms with Crippen LogP contribution in [0.3, 0.4) is 0 Å². The van der Waals surface area contributed by atoms with Gasteiger partial charge in [0.1, 0.15) is 0 Å². The maximum atomic E-state index is 13.3. The number of carbonyl (C=O) groups is 2. The Morgan fingerprint density at radius 3 is 2.04 bits per heavy atom. The molecule has 0 saturated heterocycles. The number of fused-ring (bicyclic) bond motifs is 9.